The van der Waals surface area contributed by atoms with Crippen molar-refractivity contribution in [2.24, 2.45) is 0 Å². The van der Waals surface area contributed by atoms with Crippen LogP contribution in [0, 0.1) is 18.6 Å². The summed E-state index contributed by atoms with van der Waals surface area (Å²) in [4.78, 5) is 9.91. The third kappa shape index (κ3) is 5.81. The van der Waals surface area contributed by atoms with Gasteiger partial charge in [-0.15, -0.1) is 11.3 Å². The zero-order valence-corrected chi connectivity index (χ0v) is 17.4. The number of anilines is 1. The summed E-state index contributed by atoms with van der Waals surface area (Å²) in [6.07, 6.45) is 2.61. The number of ether oxygens (including phenoxy) is 1. The van der Waals surface area contributed by atoms with E-state index in [0.29, 0.717) is 16.9 Å². The molecular formula is C21H20F4N2O3S. The molecule has 4 N–H and O–H groups in total. The Morgan fingerprint density at radius 3 is 2.55 bits per heavy atom. The minimum Gasteiger partial charge on any atom is -0.390 e. The first-order valence-electron chi connectivity index (χ1n) is 8.87. The second-order valence-electron chi connectivity index (χ2n) is 6.26. The number of aliphatic hydroxyl groups is 1. The minimum absolute atomic E-state index is 0.0575. The van der Waals surface area contributed by atoms with Crippen LogP contribution in [-0.2, 0) is 9.53 Å². The molecule has 2 aromatic rings. The van der Waals surface area contributed by atoms with E-state index in [1.54, 1.807) is 5.38 Å². The molecule has 0 radical (unpaired) electrons. The molecule has 2 heterocycles. The lowest BCUT2D eigenvalue weighted by molar-refractivity contribution is -0.107. The third-order valence-corrected chi connectivity index (χ3v) is 5.03. The number of aliphatic hydroxyl groups excluding tert-OH is 1. The molecule has 0 aliphatic carbocycles. The number of halogens is 4. The van der Waals surface area contributed by atoms with Crippen molar-refractivity contribution in [3.8, 4) is 11.1 Å². The lowest BCUT2D eigenvalue weighted by Crippen LogP contribution is -2.10. The maximum atomic E-state index is 14.0. The zero-order valence-electron chi connectivity index (χ0n) is 16.6. The first kappa shape index (κ1) is 24.3. The van der Waals surface area contributed by atoms with E-state index in [0.717, 1.165) is 23.6 Å². The molecule has 1 aromatic carbocycles. The summed E-state index contributed by atoms with van der Waals surface area (Å²) >= 11 is 1.14. The standard InChI is InChI=1S/C13H13F2NO2S.C8H7F2NO/c1-6-3-4-7(11(15)10(6)14)8-5-19-12(16)9(8)13(17)18-2;9-6-4-7(10)8(11-5-6)2-1-3-12/h3-5,13,17H,16H2,1-2H3;2-5,11H,1H2/b;8-2-. The van der Waals surface area contributed by atoms with Gasteiger partial charge in [-0.2, -0.15) is 0 Å². The average molecular weight is 456 g/mol. The van der Waals surface area contributed by atoms with Crippen LogP contribution >= 0.6 is 11.3 Å². The number of rotatable bonds is 5. The molecule has 0 amide bonds. The Hall–Kier alpha value is -2.95. The smallest absolute Gasteiger partial charge is 0.184 e. The second kappa shape index (κ2) is 10.9. The van der Waals surface area contributed by atoms with Gasteiger partial charge in [0.25, 0.3) is 0 Å². The van der Waals surface area contributed by atoms with Gasteiger partial charge < -0.3 is 25.7 Å². The molecule has 10 heteroatoms. The Labute approximate surface area is 180 Å². The van der Waals surface area contributed by atoms with Crippen molar-refractivity contribution in [1.82, 2.24) is 5.32 Å². The Balaban J connectivity index is 0.000000245. The number of thiophene rings is 1. The highest BCUT2D eigenvalue weighted by atomic mass is 32.1. The van der Waals surface area contributed by atoms with Crippen molar-refractivity contribution in [3.63, 3.8) is 0 Å². The summed E-state index contributed by atoms with van der Waals surface area (Å²) < 4.78 is 57.4. The molecule has 0 fully saturated rings. The van der Waals surface area contributed by atoms with E-state index >= 15 is 0 Å². The van der Waals surface area contributed by atoms with E-state index in [1.165, 1.54) is 32.2 Å². The van der Waals surface area contributed by atoms with E-state index < -0.39 is 29.6 Å². The van der Waals surface area contributed by atoms with Crippen LogP contribution in [0.1, 0.15) is 23.8 Å². The molecule has 1 aliphatic heterocycles. The highest BCUT2D eigenvalue weighted by molar-refractivity contribution is 7.14. The lowest BCUT2D eigenvalue weighted by atomic mass is 10.0. The van der Waals surface area contributed by atoms with E-state index in [4.69, 9.17) is 10.5 Å². The highest BCUT2D eigenvalue weighted by Crippen LogP contribution is 2.39. The largest absolute Gasteiger partial charge is 0.390 e. The number of nitrogen functional groups attached to an aromatic ring is 1. The lowest BCUT2D eigenvalue weighted by Gasteiger charge is -2.12. The predicted octanol–water partition coefficient (Wildman–Crippen LogP) is 4.95. The molecule has 0 bridgehead atoms. The van der Waals surface area contributed by atoms with E-state index in [2.05, 4.69) is 5.32 Å². The number of aryl methyl sites for hydroxylation is 1. The summed E-state index contributed by atoms with van der Waals surface area (Å²) in [5.41, 5.74) is 6.74. The van der Waals surface area contributed by atoms with Gasteiger partial charge in [-0.05, 0) is 12.5 Å². The van der Waals surface area contributed by atoms with Crippen molar-refractivity contribution in [1.29, 1.82) is 0 Å². The van der Waals surface area contributed by atoms with Crippen LogP contribution in [0.4, 0.5) is 22.6 Å². The van der Waals surface area contributed by atoms with Crippen molar-refractivity contribution in [2.75, 3.05) is 12.8 Å². The van der Waals surface area contributed by atoms with E-state index in [-0.39, 0.29) is 28.8 Å². The number of hydrogen-bond acceptors (Lipinski definition) is 6. The van der Waals surface area contributed by atoms with Crippen LogP contribution in [0.2, 0.25) is 0 Å². The number of hydrogen-bond donors (Lipinski definition) is 3. The first-order valence-corrected chi connectivity index (χ1v) is 9.75. The monoisotopic (exact) mass is 456 g/mol. The van der Waals surface area contributed by atoms with E-state index in [1.807, 2.05) is 0 Å². The highest BCUT2D eigenvalue weighted by Gasteiger charge is 2.22. The van der Waals surface area contributed by atoms with Gasteiger partial charge in [-0.1, -0.05) is 18.2 Å². The van der Waals surface area contributed by atoms with Gasteiger partial charge in [-0.3, -0.25) is 0 Å². The van der Waals surface area contributed by atoms with Gasteiger partial charge in [-0.25, -0.2) is 17.6 Å². The van der Waals surface area contributed by atoms with Crippen LogP contribution < -0.4 is 11.1 Å². The number of methoxy groups -OCH3 is 1. The fourth-order valence-electron chi connectivity index (χ4n) is 2.60. The molecule has 5 nitrogen and oxygen atoms in total. The number of dihydropyridines is 1. The predicted molar refractivity (Wildman–Crippen MR) is 111 cm³/mol. The normalized spacial score (nSPS) is 15.4. The van der Waals surface area contributed by atoms with Gasteiger partial charge in [0, 0.05) is 47.9 Å². The quantitative estimate of drug-likeness (QED) is 0.337. The number of carbonyl (C=O) groups is 1. The van der Waals surface area contributed by atoms with Crippen LogP contribution in [0.3, 0.4) is 0 Å². The van der Waals surface area contributed by atoms with E-state index in [9.17, 15) is 27.5 Å². The minimum atomic E-state index is -1.27. The van der Waals surface area contributed by atoms with Crippen molar-refractivity contribution >= 4 is 22.6 Å². The topological polar surface area (TPSA) is 84.6 Å². The summed E-state index contributed by atoms with van der Waals surface area (Å²) in [5.74, 6) is -3.23. The maximum Gasteiger partial charge on any atom is 0.184 e. The van der Waals surface area contributed by atoms with Gasteiger partial charge >= 0.3 is 0 Å². The molecule has 0 saturated carbocycles. The zero-order chi connectivity index (χ0) is 23.1. The molecule has 0 spiro atoms. The Morgan fingerprint density at radius 2 is 1.94 bits per heavy atom. The molecule has 1 unspecified atom stereocenters. The molecule has 31 heavy (non-hydrogen) atoms. The number of carbonyl (C=O) groups excluding carboxylic acids is 1. The average Bonchev–Trinajstić information content (AvgIpc) is 3.12. The number of allylic oxidation sites excluding steroid dienone is 4. The molecule has 3 rings (SSSR count). The summed E-state index contributed by atoms with van der Waals surface area (Å²) in [7, 11) is 1.30. The SMILES string of the molecule is COC(O)c1c(-c2ccc(C)c(F)c2F)csc1N.O=CC/C=C1\NC=C(F)C=C1F. The Morgan fingerprint density at radius 1 is 1.23 bits per heavy atom. The molecule has 1 aliphatic rings. The molecule has 1 atom stereocenters. The number of nitrogens with two attached hydrogens (primary N) is 1. The molecular weight excluding hydrogens is 436 g/mol. The fourth-order valence-corrected chi connectivity index (χ4v) is 3.43. The van der Waals surface area contributed by atoms with Crippen LogP contribution in [0.15, 0.2) is 53.2 Å². The summed E-state index contributed by atoms with van der Waals surface area (Å²) in [6.45, 7) is 1.48. The summed E-state index contributed by atoms with van der Waals surface area (Å²) in [5, 5.41) is 14.0. The Kier molecular flexibility index (Phi) is 8.55. The van der Waals surface area contributed by atoms with Crippen molar-refractivity contribution in [2.45, 2.75) is 19.6 Å². The van der Waals surface area contributed by atoms with Crippen molar-refractivity contribution in [3.05, 3.63) is 76.0 Å². The van der Waals surface area contributed by atoms with Crippen LogP contribution in [0.5, 0.6) is 0 Å². The van der Waals surface area contributed by atoms with Crippen molar-refractivity contribution < 1.29 is 32.2 Å². The number of aldehydes is 1. The Bertz CT molecular complexity index is 1050. The maximum absolute atomic E-state index is 14.0. The number of nitrogens with one attached hydrogen (secondary N) is 1. The molecule has 1 aromatic heterocycles. The fraction of sp³-hybridized carbons (Fsp3) is 0.190. The van der Waals surface area contributed by atoms with Gasteiger partial charge in [0.05, 0.1) is 10.7 Å². The van der Waals surface area contributed by atoms with Gasteiger partial charge in [0.15, 0.2) is 17.9 Å². The molecule has 166 valence electrons. The first-order chi connectivity index (χ1) is 14.7. The van der Waals surface area contributed by atoms with Gasteiger partial charge in [0.1, 0.15) is 17.9 Å². The van der Waals surface area contributed by atoms with Gasteiger partial charge in [0.2, 0.25) is 0 Å². The number of benzene rings is 1. The second-order valence-corrected chi connectivity index (χ2v) is 7.17. The molecule has 0 saturated heterocycles. The van der Waals surface area contributed by atoms with Crippen LogP contribution in [-0.4, -0.2) is 18.5 Å². The van der Waals surface area contributed by atoms with Crippen LogP contribution in [0.25, 0.3) is 11.1 Å². The summed E-state index contributed by atoms with van der Waals surface area (Å²) in [6, 6.07) is 2.94. The third-order valence-electron chi connectivity index (χ3n) is 4.20.